The summed E-state index contributed by atoms with van der Waals surface area (Å²) < 4.78 is 15.2. The second kappa shape index (κ2) is 7.36. The molecule has 1 saturated heterocycles. The van der Waals surface area contributed by atoms with Gasteiger partial charge in [-0.3, -0.25) is 0 Å². The molecule has 8 heteroatoms. The van der Waals surface area contributed by atoms with E-state index >= 15 is 0 Å². The van der Waals surface area contributed by atoms with Crippen LogP contribution < -0.4 is 0 Å². The van der Waals surface area contributed by atoms with Crippen LogP contribution in [0, 0.1) is 0 Å². The van der Waals surface area contributed by atoms with Gasteiger partial charge in [0.05, 0.1) is 12.2 Å². The number of ether oxygens (including phenoxy) is 3. The van der Waals surface area contributed by atoms with Crippen molar-refractivity contribution in [2.45, 2.75) is 30.7 Å². The molecule has 1 fully saturated rings. The van der Waals surface area contributed by atoms with Gasteiger partial charge < -0.3 is 29.5 Å². The predicted octanol–water partition coefficient (Wildman–Crippen LogP) is -0.0492. The number of esters is 1. The first-order chi connectivity index (χ1) is 10.5. The normalized spacial score (nSPS) is 31.8. The molecule has 1 aliphatic heterocycles. The number of carbonyl (C=O) groups excluding carboxylic acids is 1. The number of halogens is 1. The van der Waals surface area contributed by atoms with E-state index in [0.29, 0.717) is 5.02 Å². The van der Waals surface area contributed by atoms with Gasteiger partial charge in [0, 0.05) is 12.1 Å². The van der Waals surface area contributed by atoms with Crippen molar-refractivity contribution in [3.63, 3.8) is 0 Å². The van der Waals surface area contributed by atoms with Gasteiger partial charge in [-0.2, -0.15) is 0 Å². The molecule has 0 bridgehead atoms. The molecule has 0 aliphatic carbocycles. The first kappa shape index (κ1) is 17.1. The summed E-state index contributed by atoms with van der Waals surface area (Å²) >= 11 is 5.74. The highest BCUT2D eigenvalue weighted by Gasteiger charge is 2.46. The molecule has 22 heavy (non-hydrogen) atoms. The van der Waals surface area contributed by atoms with Gasteiger partial charge in [0.2, 0.25) is 0 Å². The van der Waals surface area contributed by atoms with Crippen molar-refractivity contribution in [1.82, 2.24) is 0 Å². The fraction of sp³-hybridized carbons (Fsp3) is 0.500. The van der Waals surface area contributed by atoms with Crippen LogP contribution in [0.1, 0.15) is 10.4 Å². The van der Waals surface area contributed by atoms with Gasteiger partial charge in [-0.25, -0.2) is 4.79 Å². The first-order valence-electron chi connectivity index (χ1n) is 6.59. The lowest BCUT2D eigenvalue weighted by atomic mass is 9.99. The molecule has 0 aromatic heterocycles. The molecular formula is C14H17ClO7. The summed E-state index contributed by atoms with van der Waals surface area (Å²) in [5, 5.41) is 29.8. The quantitative estimate of drug-likeness (QED) is 0.664. The smallest absolute Gasteiger partial charge is 0.338 e. The van der Waals surface area contributed by atoms with Crippen LogP contribution in [0.25, 0.3) is 0 Å². The summed E-state index contributed by atoms with van der Waals surface area (Å²) in [4.78, 5) is 12.1. The number of carbonyl (C=O) groups is 1. The topological polar surface area (TPSA) is 105 Å². The number of rotatable bonds is 4. The van der Waals surface area contributed by atoms with E-state index in [9.17, 15) is 20.1 Å². The zero-order chi connectivity index (χ0) is 16.3. The molecule has 3 N–H and O–H groups in total. The SMILES string of the molecule is CO[C@@H]1O[C@H](CO)[C@H](O)[C@H](OC(=O)c2ccc(Cl)cc2)[C@H]1O. The molecule has 122 valence electrons. The van der Waals surface area contributed by atoms with Crippen LogP contribution in [0.3, 0.4) is 0 Å². The van der Waals surface area contributed by atoms with Gasteiger partial charge >= 0.3 is 5.97 Å². The maximum atomic E-state index is 12.1. The average molecular weight is 333 g/mol. The summed E-state index contributed by atoms with van der Waals surface area (Å²) in [6.45, 7) is -0.511. The molecule has 0 amide bonds. The fourth-order valence-corrected chi connectivity index (χ4v) is 2.29. The Morgan fingerprint density at radius 1 is 1.27 bits per heavy atom. The molecule has 0 saturated carbocycles. The molecule has 0 unspecified atom stereocenters. The van der Waals surface area contributed by atoms with E-state index in [-0.39, 0.29) is 5.56 Å². The number of hydrogen-bond acceptors (Lipinski definition) is 7. The molecule has 1 aliphatic rings. The van der Waals surface area contributed by atoms with Crippen molar-refractivity contribution >= 4 is 17.6 Å². The van der Waals surface area contributed by atoms with Gasteiger partial charge in [0.15, 0.2) is 12.4 Å². The third kappa shape index (κ3) is 3.57. The van der Waals surface area contributed by atoms with E-state index in [1.54, 1.807) is 0 Å². The molecule has 2 rings (SSSR count). The van der Waals surface area contributed by atoms with Gasteiger partial charge in [-0.15, -0.1) is 0 Å². The average Bonchev–Trinajstić information content (AvgIpc) is 2.52. The highest BCUT2D eigenvalue weighted by atomic mass is 35.5. The molecule has 0 spiro atoms. The zero-order valence-electron chi connectivity index (χ0n) is 11.8. The highest BCUT2D eigenvalue weighted by molar-refractivity contribution is 6.30. The van der Waals surface area contributed by atoms with Crippen LogP contribution in [0.5, 0.6) is 0 Å². The number of aliphatic hydroxyl groups is 3. The summed E-state index contributed by atoms with van der Waals surface area (Å²) in [7, 11) is 1.29. The van der Waals surface area contributed by atoms with Gasteiger partial charge in [0.25, 0.3) is 0 Å². The lowest BCUT2D eigenvalue weighted by Crippen LogP contribution is -2.60. The van der Waals surface area contributed by atoms with E-state index < -0.39 is 43.3 Å². The maximum Gasteiger partial charge on any atom is 0.338 e. The summed E-state index contributed by atoms with van der Waals surface area (Å²) in [6, 6.07) is 5.95. The minimum Gasteiger partial charge on any atom is -0.453 e. The zero-order valence-corrected chi connectivity index (χ0v) is 12.5. The van der Waals surface area contributed by atoms with Crippen LogP contribution in [0.15, 0.2) is 24.3 Å². The van der Waals surface area contributed by atoms with E-state index in [4.69, 9.17) is 25.8 Å². The second-order valence-corrected chi connectivity index (χ2v) is 5.26. The van der Waals surface area contributed by atoms with Gasteiger partial charge in [-0.1, -0.05) is 11.6 Å². The second-order valence-electron chi connectivity index (χ2n) is 4.82. The van der Waals surface area contributed by atoms with Crippen molar-refractivity contribution in [2.24, 2.45) is 0 Å². The lowest BCUT2D eigenvalue weighted by molar-refractivity contribution is -0.293. The van der Waals surface area contributed by atoms with Crippen molar-refractivity contribution < 1.29 is 34.3 Å². The third-order valence-corrected chi connectivity index (χ3v) is 3.63. The van der Waals surface area contributed by atoms with Crippen molar-refractivity contribution in [1.29, 1.82) is 0 Å². The van der Waals surface area contributed by atoms with Crippen molar-refractivity contribution in [2.75, 3.05) is 13.7 Å². The molecule has 5 atom stereocenters. The Kier molecular flexibility index (Phi) is 5.74. The largest absolute Gasteiger partial charge is 0.453 e. The predicted molar refractivity (Wildman–Crippen MR) is 75.4 cm³/mol. The molecule has 1 aromatic carbocycles. The Hall–Kier alpha value is -1.22. The number of hydrogen-bond donors (Lipinski definition) is 3. The van der Waals surface area contributed by atoms with Crippen LogP contribution in [-0.4, -0.2) is 65.7 Å². The van der Waals surface area contributed by atoms with Crippen LogP contribution >= 0.6 is 11.6 Å². The standard InChI is InChI=1S/C14H17ClO7/c1-20-14-11(18)12(10(17)9(6-16)21-14)22-13(19)7-2-4-8(15)5-3-7/h2-5,9-12,14,16-18H,6H2,1H3/t9-,10+,11-,12+,14-/m1/s1. The molecule has 1 aromatic rings. The maximum absolute atomic E-state index is 12.1. The Morgan fingerprint density at radius 3 is 2.45 bits per heavy atom. The number of methoxy groups -OCH3 is 1. The monoisotopic (exact) mass is 332 g/mol. The fourth-order valence-electron chi connectivity index (χ4n) is 2.16. The van der Waals surface area contributed by atoms with E-state index in [1.807, 2.05) is 0 Å². The van der Waals surface area contributed by atoms with Crippen LogP contribution in [0.2, 0.25) is 5.02 Å². The highest BCUT2D eigenvalue weighted by Crippen LogP contribution is 2.25. The van der Waals surface area contributed by atoms with Gasteiger partial charge in [0.1, 0.15) is 18.3 Å². The van der Waals surface area contributed by atoms with Crippen molar-refractivity contribution in [3.05, 3.63) is 34.9 Å². The van der Waals surface area contributed by atoms with Gasteiger partial charge in [-0.05, 0) is 24.3 Å². The summed E-state index contributed by atoms with van der Waals surface area (Å²) in [5.74, 6) is -0.742. The Balaban J connectivity index is 2.14. The third-order valence-electron chi connectivity index (χ3n) is 3.38. The van der Waals surface area contributed by atoms with Crippen LogP contribution in [0.4, 0.5) is 0 Å². The summed E-state index contributed by atoms with van der Waals surface area (Å²) in [6.07, 6.45) is -6.22. The Labute approximate surface area is 132 Å². The number of benzene rings is 1. The minimum atomic E-state index is -1.39. The molecule has 7 nitrogen and oxygen atoms in total. The van der Waals surface area contributed by atoms with E-state index in [0.717, 1.165) is 0 Å². The van der Waals surface area contributed by atoms with Crippen molar-refractivity contribution in [3.8, 4) is 0 Å². The molecule has 0 radical (unpaired) electrons. The first-order valence-corrected chi connectivity index (χ1v) is 6.97. The Morgan fingerprint density at radius 2 is 1.91 bits per heavy atom. The lowest BCUT2D eigenvalue weighted by Gasteiger charge is -2.40. The minimum absolute atomic E-state index is 0.213. The molecule has 1 heterocycles. The molecular weight excluding hydrogens is 316 g/mol. The summed E-state index contributed by atoms with van der Waals surface area (Å²) in [5.41, 5.74) is 0.213. The van der Waals surface area contributed by atoms with E-state index in [2.05, 4.69) is 0 Å². The van der Waals surface area contributed by atoms with Crippen LogP contribution in [-0.2, 0) is 14.2 Å². The Bertz CT molecular complexity index is 490. The number of aliphatic hydroxyl groups excluding tert-OH is 3. The van der Waals surface area contributed by atoms with E-state index in [1.165, 1.54) is 31.4 Å².